The second-order valence-electron chi connectivity index (χ2n) is 6.55. The molecule has 1 aromatic rings. The number of hydrogen-bond acceptors (Lipinski definition) is 4. The molecule has 0 bridgehead atoms. The lowest BCUT2D eigenvalue weighted by molar-refractivity contribution is -0.139. The van der Waals surface area contributed by atoms with E-state index < -0.39 is 17.6 Å². The van der Waals surface area contributed by atoms with Crippen LogP contribution in [0.25, 0.3) is 0 Å². The third-order valence-corrected chi connectivity index (χ3v) is 5.34. The van der Waals surface area contributed by atoms with Gasteiger partial charge >= 0.3 is 5.97 Å². The summed E-state index contributed by atoms with van der Waals surface area (Å²) in [6.45, 7) is 0.535. The summed E-state index contributed by atoms with van der Waals surface area (Å²) >= 11 is 5.97. The third kappa shape index (κ3) is 2.11. The number of carboxylic acid groups (broad SMARTS) is 1. The molecule has 4 rings (SSSR count). The zero-order chi connectivity index (χ0) is 15.4. The fourth-order valence-corrected chi connectivity index (χ4v) is 3.75. The van der Waals surface area contributed by atoms with E-state index >= 15 is 0 Å². The normalized spacial score (nSPS) is 31.9. The summed E-state index contributed by atoms with van der Waals surface area (Å²) in [7, 11) is 0. The molecule has 1 saturated carbocycles. The van der Waals surface area contributed by atoms with Gasteiger partial charge in [-0.3, -0.25) is 4.79 Å². The van der Waals surface area contributed by atoms with Gasteiger partial charge in [0.05, 0.1) is 5.71 Å². The van der Waals surface area contributed by atoms with Crippen molar-refractivity contribution in [3.63, 3.8) is 0 Å². The summed E-state index contributed by atoms with van der Waals surface area (Å²) in [6, 6.07) is 7.37. The van der Waals surface area contributed by atoms with E-state index in [0.29, 0.717) is 19.4 Å². The van der Waals surface area contributed by atoms with Gasteiger partial charge in [-0.05, 0) is 30.5 Å². The monoisotopic (exact) mass is 320 g/mol. The van der Waals surface area contributed by atoms with Crippen LogP contribution in [0, 0.1) is 0 Å². The number of carboxylic acids is 1. The molecule has 1 unspecified atom stereocenters. The van der Waals surface area contributed by atoms with E-state index in [1.165, 1.54) is 5.56 Å². The van der Waals surface area contributed by atoms with Crippen LogP contribution in [0.1, 0.15) is 31.2 Å². The molecule has 0 aromatic heterocycles. The van der Waals surface area contributed by atoms with Crippen LogP contribution in [0.4, 0.5) is 0 Å². The van der Waals surface area contributed by atoms with Gasteiger partial charge in [0, 0.05) is 29.8 Å². The van der Waals surface area contributed by atoms with E-state index in [2.05, 4.69) is 22.6 Å². The molecule has 0 amide bonds. The molecule has 2 heterocycles. The number of benzene rings is 1. The summed E-state index contributed by atoms with van der Waals surface area (Å²) in [5, 5.41) is 17.2. The van der Waals surface area contributed by atoms with Crippen molar-refractivity contribution in [2.75, 3.05) is 6.54 Å². The van der Waals surface area contributed by atoms with Crippen molar-refractivity contribution < 1.29 is 14.7 Å². The maximum atomic E-state index is 11.1. The predicted octanol–water partition coefficient (Wildman–Crippen LogP) is 2.33. The third-order valence-electron chi connectivity index (χ3n) is 5.08. The number of aliphatic carboxylic acids is 1. The van der Waals surface area contributed by atoms with Crippen molar-refractivity contribution in [3.05, 3.63) is 34.9 Å². The molecule has 1 aromatic carbocycles. The Morgan fingerprint density at radius 2 is 2.09 bits per heavy atom. The predicted molar refractivity (Wildman–Crippen MR) is 82.3 cm³/mol. The Kier molecular flexibility index (Phi) is 3.00. The Bertz CT molecular complexity index is 654. The molecule has 2 aliphatic heterocycles. The van der Waals surface area contributed by atoms with Gasteiger partial charge in [-0.15, -0.1) is 0 Å². The number of hydrogen-bond donors (Lipinski definition) is 2. The molecule has 1 spiro atoms. The summed E-state index contributed by atoms with van der Waals surface area (Å²) in [5.41, 5.74) is 1.75. The minimum atomic E-state index is -0.826. The number of oxime groups is 1. The molecule has 1 aliphatic carbocycles. The average molecular weight is 321 g/mol. The highest BCUT2D eigenvalue weighted by Crippen LogP contribution is 2.53. The van der Waals surface area contributed by atoms with Crippen LogP contribution < -0.4 is 5.32 Å². The van der Waals surface area contributed by atoms with Crippen molar-refractivity contribution in [3.8, 4) is 0 Å². The van der Waals surface area contributed by atoms with Gasteiger partial charge in [0.2, 0.25) is 0 Å². The lowest BCUT2D eigenvalue weighted by atomic mass is 9.83. The number of nitrogens with one attached hydrogen (secondary N) is 1. The highest BCUT2D eigenvalue weighted by atomic mass is 35.5. The quantitative estimate of drug-likeness (QED) is 0.896. The Hall–Kier alpha value is -1.59. The maximum Gasteiger partial charge on any atom is 0.320 e. The van der Waals surface area contributed by atoms with Crippen LogP contribution in [0.2, 0.25) is 5.02 Å². The molecule has 0 radical (unpaired) electrons. The van der Waals surface area contributed by atoms with Crippen molar-refractivity contribution in [2.24, 2.45) is 5.16 Å². The largest absolute Gasteiger partial charge is 0.480 e. The lowest BCUT2D eigenvalue weighted by Gasteiger charge is -2.20. The fourth-order valence-electron chi connectivity index (χ4n) is 3.62. The van der Waals surface area contributed by atoms with E-state index in [1.54, 1.807) is 0 Å². The van der Waals surface area contributed by atoms with E-state index in [-0.39, 0.29) is 5.41 Å². The van der Waals surface area contributed by atoms with Crippen LogP contribution in [0.5, 0.6) is 0 Å². The Labute approximate surface area is 133 Å². The zero-order valence-electron chi connectivity index (χ0n) is 12.0. The number of rotatable bonds is 3. The van der Waals surface area contributed by atoms with Crippen molar-refractivity contribution in [1.82, 2.24) is 5.32 Å². The summed E-state index contributed by atoms with van der Waals surface area (Å²) in [6.07, 6.45) is 3.28. The molecule has 3 aliphatic rings. The van der Waals surface area contributed by atoms with Crippen LogP contribution in [0.15, 0.2) is 29.4 Å². The smallest absolute Gasteiger partial charge is 0.320 e. The number of carbonyl (C=O) groups is 1. The first-order chi connectivity index (χ1) is 10.5. The molecule has 2 fully saturated rings. The Morgan fingerprint density at radius 1 is 1.36 bits per heavy atom. The Morgan fingerprint density at radius 3 is 2.68 bits per heavy atom. The molecule has 22 heavy (non-hydrogen) atoms. The molecular weight excluding hydrogens is 304 g/mol. The molecule has 116 valence electrons. The molecule has 2 N–H and O–H groups in total. The minimum absolute atomic E-state index is 0.0323. The summed E-state index contributed by atoms with van der Waals surface area (Å²) < 4.78 is 0. The highest BCUT2D eigenvalue weighted by molar-refractivity contribution is 6.30. The van der Waals surface area contributed by atoms with Gasteiger partial charge in [-0.25, -0.2) is 0 Å². The van der Waals surface area contributed by atoms with Gasteiger partial charge < -0.3 is 15.3 Å². The van der Waals surface area contributed by atoms with E-state index in [9.17, 15) is 4.79 Å². The van der Waals surface area contributed by atoms with Crippen molar-refractivity contribution >= 4 is 23.3 Å². The fraction of sp³-hybridized carbons (Fsp3) is 0.500. The standard InChI is InChI=1S/C16H17ClN2O3/c17-11-3-1-10(2-4-11)16(5-6-16)13-8-15(22-19-13)7-12(14(20)21)18-9-15/h1-4,12,18H,5-9H2,(H,20,21)/t12-,15?/m0/s1. The molecular formula is C16H17ClN2O3. The van der Waals surface area contributed by atoms with Crippen molar-refractivity contribution in [2.45, 2.75) is 42.7 Å². The molecule has 2 atom stereocenters. The first-order valence-corrected chi connectivity index (χ1v) is 7.89. The molecule has 5 nitrogen and oxygen atoms in total. The van der Waals surface area contributed by atoms with E-state index in [0.717, 1.165) is 23.6 Å². The van der Waals surface area contributed by atoms with E-state index in [1.807, 2.05) is 12.1 Å². The first kappa shape index (κ1) is 14.0. The second-order valence-corrected chi connectivity index (χ2v) is 6.99. The van der Waals surface area contributed by atoms with Crippen LogP contribution in [-0.4, -0.2) is 35.0 Å². The lowest BCUT2D eigenvalue weighted by Crippen LogP contribution is -2.33. The SMILES string of the molecule is O=C(O)[C@@H]1CC2(CN1)CC(C1(c3ccc(Cl)cc3)CC1)=NO2. The average Bonchev–Trinajstić information content (AvgIpc) is 3.04. The van der Waals surface area contributed by atoms with Crippen LogP contribution in [-0.2, 0) is 15.0 Å². The van der Waals surface area contributed by atoms with E-state index in [4.69, 9.17) is 21.5 Å². The highest BCUT2D eigenvalue weighted by Gasteiger charge is 2.56. The zero-order valence-corrected chi connectivity index (χ0v) is 12.8. The van der Waals surface area contributed by atoms with Crippen LogP contribution >= 0.6 is 11.6 Å². The van der Waals surface area contributed by atoms with Gasteiger partial charge in [0.1, 0.15) is 6.04 Å². The van der Waals surface area contributed by atoms with Gasteiger partial charge in [-0.1, -0.05) is 28.9 Å². The van der Waals surface area contributed by atoms with Gasteiger partial charge in [0.15, 0.2) is 5.60 Å². The number of halogens is 1. The van der Waals surface area contributed by atoms with Crippen molar-refractivity contribution in [1.29, 1.82) is 0 Å². The summed E-state index contributed by atoms with van der Waals surface area (Å²) in [4.78, 5) is 16.8. The summed E-state index contributed by atoms with van der Waals surface area (Å²) in [5.74, 6) is -0.826. The number of nitrogens with zero attached hydrogens (tertiary/aromatic N) is 1. The topological polar surface area (TPSA) is 70.9 Å². The maximum absolute atomic E-state index is 11.1. The minimum Gasteiger partial charge on any atom is -0.480 e. The van der Waals surface area contributed by atoms with Gasteiger partial charge in [0.25, 0.3) is 0 Å². The molecule has 6 heteroatoms. The Balaban J connectivity index is 1.53. The van der Waals surface area contributed by atoms with Crippen LogP contribution in [0.3, 0.4) is 0 Å². The first-order valence-electron chi connectivity index (χ1n) is 7.51. The second kappa shape index (κ2) is 4.70. The molecule has 1 saturated heterocycles. The van der Waals surface area contributed by atoms with Gasteiger partial charge in [-0.2, -0.15) is 0 Å².